The van der Waals surface area contributed by atoms with Gasteiger partial charge in [0.1, 0.15) is 0 Å². The molecule has 0 unspecified atom stereocenters. The number of nitrogens with one attached hydrogen (secondary N) is 2. The number of piperidine rings is 1. The highest BCUT2D eigenvalue weighted by atomic mass is 16.2. The van der Waals surface area contributed by atoms with Gasteiger partial charge in [-0.2, -0.15) is 0 Å². The molecule has 5 nitrogen and oxygen atoms in total. The first-order valence-electron chi connectivity index (χ1n) is 6.94. The zero-order valence-corrected chi connectivity index (χ0v) is 12.0. The maximum Gasteiger partial charge on any atom is 0.321 e. The van der Waals surface area contributed by atoms with Crippen LogP contribution < -0.4 is 10.6 Å². The van der Waals surface area contributed by atoms with E-state index in [2.05, 4.69) is 10.6 Å². The predicted molar refractivity (Wildman–Crippen MR) is 78.6 cm³/mol. The molecule has 0 saturated carbocycles. The summed E-state index contributed by atoms with van der Waals surface area (Å²) in [7, 11) is 1.65. The molecule has 3 amide bonds. The van der Waals surface area contributed by atoms with E-state index in [0.29, 0.717) is 13.1 Å². The van der Waals surface area contributed by atoms with Crippen LogP contribution in [0.5, 0.6) is 0 Å². The minimum atomic E-state index is -0.0917. The SMILES string of the molecule is CNC(=O)C1CCN(C(=O)Nc2cccc(C)c2)CC1. The van der Waals surface area contributed by atoms with E-state index < -0.39 is 0 Å². The van der Waals surface area contributed by atoms with Crippen LogP contribution in [0.25, 0.3) is 0 Å². The molecule has 0 radical (unpaired) electrons. The van der Waals surface area contributed by atoms with Crippen LogP contribution in [-0.4, -0.2) is 37.0 Å². The number of nitrogens with zero attached hydrogens (tertiary/aromatic N) is 1. The van der Waals surface area contributed by atoms with Crippen molar-refractivity contribution in [1.29, 1.82) is 0 Å². The number of urea groups is 1. The van der Waals surface area contributed by atoms with Crippen molar-refractivity contribution in [3.8, 4) is 0 Å². The highest BCUT2D eigenvalue weighted by Gasteiger charge is 2.26. The van der Waals surface area contributed by atoms with Crippen molar-refractivity contribution < 1.29 is 9.59 Å². The molecule has 20 heavy (non-hydrogen) atoms. The Balaban J connectivity index is 1.87. The van der Waals surface area contributed by atoms with E-state index in [4.69, 9.17) is 0 Å². The number of benzene rings is 1. The second kappa shape index (κ2) is 6.41. The number of carbonyl (C=O) groups is 2. The van der Waals surface area contributed by atoms with Crippen LogP contribution in [0.3, 0.4) is 0 Å². The molecule has 1 heterocycles. The van der Waals surface area contributed by atoms with E-state index in [0.717, 1.165) is 24.1 Å². The van der Waals surface area contributed by atoms with E-state index in [-0.39, 0.29) is 17.9 Å². The Morgan fingerprint density at radius 3 is 2.55 bits per heavy atom. The van der Waals surface area contributed by atoms with Gasteiger partial charge in [0.05, 0.1) is 0 Å². The summed E-state index contributed by atoms with van der Waals surface area (Å²) in [4.78, 5) is 25.4. The fraction of sp³-hybridized carbons (Fsp3) is 0.467. The van der Waals surface area contributed by atoms with Crippen LogP contribution in [0.1, 0.15) is 18.4 Å². The molecule has 1 aromatic rings. The van der Waals surface area contributed by atoms with Crippen LogP contribution in [-0.2, 0) is 4.79 Å². The minimum Gasteiger partial charge on any atom is -0.359 e. The van der Waals surface area contributed by atoms with Gasteiger partial charge in [-0.3, -0.25) is 4.79 Å². The fourth-order valence-corrected chi connectivity index (χ4v) is 2.47. The second-order valence-electron chi connectivity index (χ2n) is 5.18. The minimum absolute atomic E-state index is 0.0306. The van der Waals surface area contributed by atoms with Crippen molar-refractivity contribution in [3.63, 3.8) is 0 Å². The van der Waals surface area contributed by atoms with E-state index in [1.54, 1.807) is 11.9 Å². The van der Waals surface area contributed by atoms with Gasteiger partial charge in [0.25, 0.3) is 0 Å². The molecule has 1 aliphatic rings. The topological polar surface area (TPSA) is 61.4 Å². The Morgan fingerprint density at radius 2 is 1.95 bits per heavy atom. The first kappa shape index (κ1) is 14.4. The highest BCUT2D eigenvalue weighted by Crippen LogP contribution is 2.18. The molecule has 108 valence electrons. The van der Waals surface area contributed by atoms with Gasteiger partial charge in [-0.25, -0.2) is 4.79 Å². The van der Waals surface area contributed by atoms with Gasteiger partial charge < -0.3 is 15.5 Å². The van der Waals surface area contributed by atoms with Gasteiger partial charge in [-0.1, -0.05) is 12.1 Å². The summed E-state index contributed by atoms with van der Waals surface area (Å²) in [6.45, 7) is 3.23. The standard InChI is InChI=1S/C15H21N3O2/c1-11-4-3-5-13(10-11)17-15(20)18-8-6-12(7-9-18)14(19)16-2/h3-5,10,12H,6-9H2,1-2H3,(H,16,19)(H,17,20). The molecule has 0 bridgehead atoms. The summed E-state index contributed by atoms with van der Waals surface area (Å²) in [6.07, 6.45) is 1.45. The summed E-state index contributed by atoms with van der Waals surface area (Å²) in [5.41, 5.74) is 1.92. The molecule has 1 aliphatic heterocycles. The molecular formula is C15H21N3O2. The molecule has 0 aliphatic carbocycles. The Hall–Kier alpha value is -2.04. The molecular weight excluding hydrogens is 254 g/mol. The zero-order chi connectivity index (χ0) is 14.5. The first-order chi connectivity index (χ1) is 9.60. The maximum atomic E-state index is 12.1. The van der Waals surface area contributed by atoms with E-state index in [1.165, 1.54) is 0 Å². The lowest BCUT2D eigenvalue weighted by molar-refractivity contribution is -0.125. The average Bonchev–Trinajstić information content (AvgIpc) is 2.46. The lowest BCUT2D eigenvalue weighted by Crippen LogP contribution is -2.44. The number of amides is 3. The van der Waals surface area contributed by atoms with Crippen LogP contribution in [0, 0.1) is 12.8 Å². The Labute approximate surface area is 119 Å². The normalized spacial score (nSPS) is 15.8. The Kier molecular flexibility index (Phi) is 4.61. The van der Waals surface area contributed by atoms with Gasteiger partial charge in [0, 0.05) is 31.7 Å². The third kappa shape index (κ3) is 3.50. The van der Waals surface area contributed by atoms with Crippen molar-refractivity contribution >= 4 is 17.6 Å². The van der Waals surface area contributed by atoms with Gasteiger partial charge in [0.15, 0.2) is 0 Å². The summed E-state index contributed by atoms with van der Waals surface area (Å²) in [6, 6.07) is 7.64. The van der Waals surface area contributed by atoms with Gasteiger partial charge in [-0.05, 0) is 37.5 Å². The summed E-state index contributed by atoms with van der Waals surface area (Å²) >= 11 is 0. The molecule has 0 spiro atoms. The number of rotatable bonds is 2. The molecule has 2 rings (SSSR count). The Bertz CT molecular complexity index is 494. The van der Waals surface area contributed by atoms with E-state index >= 15 is 0 Å². The Morgan fingerprint density at radius 1 is 1.25 bits per heavy atom. The van der Waals surface area contributed by atoms with Crippen LogP contribution in [0.2, 0.25) is 0 Å². The zero-order valence-electron chi connectivity index (χ0n) is 12.0. The highest BCUT2D eigenvalue weighted by molar-refractivity contribution is 5.89. The number of hydrogen-bond donors (Lipinski definition) is 2. The predicted octanol–water partition coefficient (Wildman–Crippen LogP) is 1.98. The molecule has 1 saturated heterocycles. The lowest BCUT2D eigenvalue weighted by Gasteiger charge is -2.31. The van der Waals surface area contributed by atoms with Gasteiger partial charge >= 0.3 is 6.03 Å². The van der Waals surface area contributed by atoms with Gasteiger partial charge in [0.2, 0.25) is 5.91 Å². The summed E-state index contributed by atoms with van der Waals surface area (Å²) in [5, 5.41) is 5.56. The first-order valence-corrected chi connectivity index (χ1v) is 6.94. The number of carbonyl (C=O) groups excluding carboxylic acids is 2. The average molecular weight is 275 g/mol. The number of likely N-dealkylation sites (tertiary alicyclic amines) is 1. The maximum absolute atomic E-state index is 12.1. The number of hydrogen-bond acceptors (Lipinski definition) is 2. The molecule has 0 atom stereocenters. The smallest absolute Gasteiger partial charge is 0.321 e. The monoisotopic (exact) mass is 275 g/mol. The van der Waals surface area contributed by atoms with Crippen molar-refractivity contribution in [2.45, 2.75) is 19.8 Å². The van der Waals surface area contributed by atoms with Gasteiger partial charge in [-0.15, -0.1) is 0 Å². The van der Waals surface area contributed by atoms with E-state index in [9.17, 15) is 9.59 Å². The number of anilines is 1. The van der Waals surface area contributed by atoms with Crippen molar-refractivity contribution in [2.75, 3.05) is 25.5 Å². The molecule has 2 N–H and O–H groups in total. The quantitative estimate of drug-likeness (QED) is 0.867. The fourth-order valence-electron chi connectivity index (χ4n) is 2.47. The second-order valence-corrected chi connectivity index (χ2v) is 5.18. The molecule has 0 aromatic heterocycles. The number of aryl methyl sites for hydroxylation is 1. The summed E-state index contributed by atoms with van der Waals surface area (Å²) < 4.78 is 0. The van der Waals surface area contributed by atoms with E-state index in [1.807, 2.05) is 31.2 Å². The van der Waals surface area contributed by atoms with Crippen molar-refractivity contribution in [1.82, 2.24) is 10.2 Å². The molecule has 1 aromatic carbocycles. The summed E-state index contributed by atoms with van der Waals surface area (Å²) in [5.74, 6) is 0.103. The van der Waals surface area contributed by atoms with Crippen molar-refractivity contribution in [3.05, 3.63) is 29.8 Å². The lowest BCUT2D eigenvalue weighted by atomic mass is 9.96. The van der Waals surface area contributed by atoms with Crippen molar-refractivity contribution in [2.24, 2.45) is 5.92 Å². The molecule has 5 heteroatoms. The third-order valence-corrected chi connectivity index (χ3v) is 3.67. The van der Waals surface area contributed by atoms with Crippen LogP contribution >= 0.6 is 0 Å². The third-order valence-electron chi connectivity index (χ3n) is 3.67. The molecule has 1 fully saturated rings. The largest absolute Gasteiger partial charge is 0.359 e. The van der Waals surface area contributed by atoms with Crippen LogP contribution in [0.15, 0.2) is 24.3 Å². The van der Waals surface area contributed by atoms with Crippen LogP contribution in [0.4, 0.5) is 10.5 Å².